The van der Waals surface area contributed by atoms with E-state index in [0.29, 0.717) is 5.92 Å². The Balaban J connectivity index is 0.00000441. The number of aliphatic imine (C=N–C) groups is 1. The van der Waals surface area contributed by atoms with E-state index in [4.69, 9.17) is 4.74 Å². The fourth-order valence-electron chi connectivity index (χ4n) is 1.93. The monoisotopic (exact) mass is 419 g/mol. The Kier molecular flexibility index (Phi) is 12.0. The molecule has 0 aromatic heterocycles. The van der Waals surface area contributed by atoms with Gasteiger partial charge in [0.2, 0.25) is 0 Å². The lowest BCUT2D eigenvalue weighted by atomic mass is 10.1. The third kappa shape index (κ3) is 9.12. The van der Waals surface area contributed by atoms with E-state index in [1.165, 1.54) is 5.56 Å². The minimum absolute atomic E-state index is 0. The fourth-order valence-corrected chi connectivity index (χ4v) is 1.93. The fraction of sp³-hybridized carbons (Fsp3) is 0.588. The average Bonchev–Trinajstić information content (AvgIpc) is 2.47. The Morgan fingerprint density at radius 3 is 2.68 bits per heavy atom. The first-order valence-electron chi connectivity index (χ1n) is 7.80. The van der Waals surface area contributed by atoms with Crippen LogP contribution >= 0.6 is 24.0 Å². The first-order chi connectivity index (χ1) is 10.2. The molecule has 126 valence electrons. The molecule has 1 aromatic rings. The van der Waals surface area contributed by atoms with Crippen LogP contribution in [0.3, 0.4) is 0 Å². The van der Waals surface area contributed by atoms with Crippen molar-refractivity contribution < 1.29 is 4.74 Å². The van der Waals surface area contributed by atoms with Crippen molar-refractivity contribution in [3.8, 4) is 5.75 Å². The van der Waals surface area contributed by atoms with Crippen molar-refractivity contribution in [2.45, 2.75) is 33.6 Å². The summed E-state index contributed by atoms with van der Waals surface area (Å²) in [5.74, 6) is 2.50. The van der Waals surface area contributed by atoms with Gasteiger partial charge in [0.25, 0.3) is 0 Å². The maximum atomic E-state index is 5.24. The molecule has 0 aliphatic heterocycles. The molecule has 0 radical (unpaired) electrons. The highest BCUT2D eigenvalue weighted by Gasteiger charge is 2.00. The smallest absolute Gasteiger partial charge is 0.191 e. The molecule has 4 nitrogen and oxygen atoms in total. The Morgan fingerprint density at radius 2 is 2.05 bits per heavy atom. The molecule has 1 aromatic carbocycles. The Hall–Kier alpha value is -0.980. The molecule has 0 amide bonds. The number of benzene rings is 1. The zero-order valence-electron chi connectivity index (χ0n) is 14.2. The van der Waals surface area contributed by atoms with Gasteiger partial charge in [-0.05, 0) is 43.4 Å². The molecule has 0 bridgehead atoms. The van der Waals surface area contributed by atoms with Gasteiger partial charge in [0.05, 0.1) is 7.11 Å². The van der Waals surface area contributed by atoms with E-state index < -0.39 is 0 Å². The van der Waals surface area contributed by atoms with Crippen LogP contribution in [0.1, 0.15) is 32.8 Å². The first-order valence-corrected chi connectivity index (χ1v) is 7.80. The molecule has 0 heterocycles. The van der Waals surface area contributed by atoms with Crippen LogP contribution in [0.4, 0.5) is 0 Å². The topological polar surface area (TPSA) is 45.7 Å². The van der Waals surface area contributed by atoms with Gasteiger partial charge >= 0.3 is 0 Å². The number of nitrogens with one attached hydrogen (secondary N) is 2. The SMILES string of the molecule is CCNC(=NCCC(C)C)NCCc1cccc(OC)c1.I. The van der Waals surface area contributed by atoms with Gasteiger partial charge < -0.3 is 15.4 Å². The summed E-state index contributed by atoms with van der Waals surface area (Å²) in [4.78, 5) is 4.59. The van der Waals surface area contributed by atoms with Gasteiger partial charge in [0.1, 0.15) is 5.75 Å². The number of rotatable bonds is 8. The number of hydrogen-bond acceptors (Lipinski definition) is 2. The van der Waals surface area contributed by atoms with Gasteiger partial charge in [-0.3, -0.25) is 4.99 Å². The lowest BCUT2D eigenvalue weighted by Gasteiger charge is -2.12. The minimum atomic E-state index is 0. The second-order valence-corrected chi connectivity index (χ2v) is 5.47. The van der Waals surface area contributed by atoms with Gasteiger partial charge in [0, 0.05) is 19.6 Å². The zero-order valence-corrected chi connectivity index (χ0v) is 16.5. The molecular formula is C17H30IN3O. The lowest BCUT2D eigenvalue weighted by molar-refractivity contribution is 0.414. The Labute approximate surface area is 152 Å². The highest BCUT2D eigenvalue weighted by atomic mass is 127. The maximum Gasteiger partial charge on any atom is 0.191 e. The van der Waals surface area contributed by atoms with Crippen LogP contribution in [0.2, 0.25) is 0 Å². The molecule has 0 fully saturated rings. The van der Waals surface area contributed by atoms with Crippen LogP contribution in [0.15, 0.2) is 29.3 Å². The summed E-state index contributed by atoms with van der Waals surface area (Å²) in [5.41, 5.74) is 1.26. The van der Waals surface area contributed by atoms with Crippen molar-refractivity contribution in [1.29, 1.82) is 0 Å². The van der Waals surface area contributed by atoms with Crippen molar-refractivity contribution >= 4 is 29.9 Å². The third-order valence-electron chi connectivity index (χ3n) is 3.16. The third-order valence-corrected chi connectivity index (χ3v) is 3.16. The summed E-state index contributed by atoms with van der Waals surface area (Å²) in [6.45, 7) is 9.14. The van der Waals surface area contributed by atoms with Gasteiger partial charge in [0.15, 0.2) is 5.96 Å². The number of nitrogens with zero attached hydrogens (tertiary/aromatic N) is 1. The van der Waals surface area contributed by atoms with Crippen LogP contribution in [0, 0.1) is 5.92 Å². The van der Waals surface area contributed by atoms with Gasteiger partial charge in [-0.25, -0.2) is 0 Å². The van der Waals surface area contributed by atoms with Crippen LogP contribution in [0.5, 0.6) is 5.75 Å². The Morgan fingerprint density at radius 1 is 1.27 bits per heavy atom. The second-order valence-electron chi connectivity index (χ2n) is 5.47. The molecule has 0 aliphatic carbocycles. The molecule has 0 atom stereocenters. The summed E-state index contributed by atoms with van der Waals surface area (Å²) in [6, 6.07) is 8.18. The van der Waals surface area contributed by atoms with Crippen LogP contribution in [-0.4, -0.2) is 32.7 Å². The quantitative estimate of drug-likeness (QED) is 0.386. The van der Waals surface area contributed by atoms with Crippen molar-refractivity contribution in [2.24, 2.45) is 10.9 Å². The van der Waals surface area contributed by atoms with E-state index in [0.717, 1.165) is 44.2 Å². The molecule has 2 N–H and O–H groups in total. The summed E-state index contributed by atoms with van der Waals surface area (Å²) in [5, 5.41) is 6.66. The first kappa shape index (κ1) is 21.0. The largest absolute Gasteiger partial charge is 0.497 e. The van der Waals surface area contributed by atoms with Crippen molar-refractivity contribution in [3.05, 3.63) is 29.8 Å². The number of halogens is 1. The minimum Gasteiger partial charge on any atom is -0.497 e. The van der Waals surface area contributed by atoms with Crippen LogP contribution in [-0.2, 0) is 6.42 Å². The molecule has 1 rings (SSSR count). The summed E-state index contributed by atoms with van der Waals surface area (Å²) >= 11 is 0. The van der Waals surface area contributed by atoms with Gasteiger partial charge in [-0.2, -0.15) is 0 Å². The van der Waals surface area contributed by atoms with E-state index in [2.05, 4.69) is 48.5 Å². The van der Waals surface area contributed by atoms with Gasteiger partial charge in [-0.15, -0.1) is 24.0 Å². The number of guanidine groups is 1. The maximum absolute atomic E-state index is 5.24. The standard InChI is InChI=1S/C17H29N3O.HI/c1-5-18-17(19-11-9-14(2)3)20-12-10-15-7-6-8-16(13-15)21-4;/h6-8,13-14H,5,9-12H2,1-4H3,(H2,18,19,20);1H. The second kappa shape index (κ2) is 12.6. The molecule has 0 unspecified atom stereocenters. The highest BCUT2D eigenvalue weighted by molar-refractivity contribution is 14.0. The molecular weight excluding hydrogens is 389 g/mol. The molecule has 0 spiro atoms. The van der Waals surface area contributed by atoms with E-state index in [1.54, 1.807) is 7.11 Å². The van der Waals surface area contributed by atoms with Crippen molar-refractivity contribution in [2.75, 3.05) is 26.7 Å². The molecule has 22 heavy (non-hydrogen) atoms. The van der Waals surface area contributed by atoms with Crippen molar-refractivity contribution in [3.63, 3.8) is 0 Å². The average molecular weight is 419 g/mol. The van der Waals surface area contributed by atoms with E-state index in [-0.39, 0.29) is 24.0 Å². The summed E-state index contributed by atoms with van der Waals surface area (Å²) < 4.78 is 5.24. The zero-order chi connectivity index (χ0) is 15.5. The van der Waals surface area contributed by atoms with E-state index >= 15 is 0 Å². The lowest BCUT2D eigenvalue weighted by Crippen LogP contribution is -2.38. The highest BCUT2D eigenvalue weighted by Crippen LogP contribution is 2.12. The normalized spacial score (nSPS) is 11.0. The molecule has 0 saturated carbocycles. The number of hydrogen-bond donors (Lipinski definition) is 2. The van der Waals surface area contributed by atoms with E-state index in [1.807, 2.05) is 12.1 Å². The van der Waals surface area contributed by atoms with Crippen LogP contribution in [0.25, 0.3) is 0 Å². The van der Waals surface area contributed by atoms with Crippen molar-refractivity contribution in [1.82, 2.24) is 10.6 Å². The predicted octanol–water partition coefficient (Wildman–Crippen LogP) is 3.46. The number of methoxy groups -OCH3 is 1. The molecule has 5 heteroatoms. The predicted molar refractivity (Wildman–Crippen MR) is 106 cm³/mol. The molecule has 0 saturated heterocycles. The summed E-state index contributed by atoms with van der Waals surface area (Å²) in [7, 11) is 1.70. The van der Waals surface area contributed by atoms with Crippen LogP contribution < -0.4 is 15.4 Å². The number of ether oxygens (including phenoxy) is 1. The van der Waals surface area contributed by atoms with E-state index in [9.17, 15) is 0 Å². The van der Waals surface area contributed by atoms with Gasteiger partial charge in [-0.1, -0.05) is 26.0 Å². The summed E-state index contributed by atoms with van der Waals surface area (Å²) in [6.07, 6.45) is 2.07. The Bertz CT molecular complexity index is 436. The molecule has 0 aliphatic rings.